The summed E-state index contributed by atoms with van der Waals surface area (Å²) in [5.74, 6) is 3.80. The summed E-state index contributed by atoms with van der Waals surface area (Å²) in [6.45, 7) is 6.33. The van der Waals surface area contributed by atoms with Gasteiger partial charge in [-0.15, -0.1) is 23.5 Å². The normalized spacial score (nSPS) is 49.3. The number of carbonyl (C=O) groups is 1. The number of hydrogen-bond donors (Lipinski definition) is 1. The molecule has 0 spiro atoms. The minimum Gasteiger partial charge on any atom is -0.462 e. The lowest BCUT2D eigenvalue weighted by Gasteiger charge is -2.61. The number of thioether (sulfide) groups is 2. The molecule has 0 amide bonds. The molecule has 4 fully saturated rings. The predicted molar refractivity (Wildman–Crippen MR) is 109 cm³/mol. The maximum Gasteiger partial charge on any atom is 0.302 e. The van der Waals surface area contributed by atoms with E-state index >= 15 is 0 Å². The number of aliphatic hydroxyl groups is 1. The molecule has 0 aromatic rings. The van der Waals surface area contributed by atoms with Crippen molar-refractivity contribution in [1.29, 1.82) is 0 Å². The van der Waals surface area contributed by atoms with E-state index in [-0.39, 0.29) is 23.6 Å². The maximum atomic E-state index is 11.8. The lowest BCUT2D eigenvalue weighted by Crippen LogP contribution is -2.59. The molecule has 1 N–H and O–H groups in total. The lowest BCUT2D eigenvalue weighted by molar-refractivity contribution is -0.186. The number of rotatable bonds is 2. The first-order valence-corrected chi connectivity index (χ1v) is 12.5. The van der Waals surface area contributed by atoms with Crippen LogP contribution in [0.3, 0.4) is 0 Å². The van der Waals surface area contributed by atoms with E-state index in [0.29, 0.717) is 27.8 Å². The van der Waals surface area contributed by atoms with Crippen LogP contribution >= 0.6 is 23.5 Å². The van der Waals surface area contributed by atoms with Gasteiger partial charge in [-0.05, 0) is 49.4 Å². The molecular formula is C21H34O3S2. The standard InChI is InChI=1S/C21H34O3S2/c1-13(22)24-17-10-14-6-4-5-7-20(14,2)16-11-18(23)21(3,12-15(16)17)19-25-8-9-26-19/h14-19,23H,4-12H2,1-3H3/t14-,15-,16+,17+,18-,20-,21-/m0/s1. The minimum atomic E-state index is -0.234. The first-order valence-electron chi connectivity index (χ1n) is 10.4. The van der Waals surface area contributed by atoms with Gasteiger partial charge >= 0.3 is 5.97 Å². The molecule has 0 aromatic carbocycles. The largest absolute Gasteiger partial charge is 0.462 e. The van der Waals surface area contributed by atoms with Crippen molar-refractivity contribution in [3.8, 4) is 0 Å². The average Bonchev–Trinajstić information content (AvgIpc) is 3.12. The van der Waals surface area contributed by atoms with Gasteiger partial charge in [0.25, 0.3) is 0 Å². The summed E-state index contributed by atoms with van der Waals surface area (Å²) in [7, 11) is 0. The summed E-state index contributed by atoms with van der Waals surface area (Å²) in [5.41, 5.74) is 0.251. The SMILES string of the molecule is CC(=O)O[C@@H]1C[C@@H]2CCCC[C@]2(C)[C@@H]2C[C@H](O)[C@@](C)(C3SCCS3)C[C@@H]21. The Kier molecular flexibility index (Phi) is 5.37. The number of ether oxygens (including phenoxy) is 1. The Bertz CT molecular complexity index is 549. The topological polar surface area (TPSA) is 46.5 Å². The van der Waals surface area contributed by atoms with Crippen LogP contribution in [0.4, 0.5) is 0 Å². The van der Waals surface area contributed by atoms with Crippen LogP contribution < -0.4 is 0 Å². The quantitative estimate of drug-likeness (QED) is 0.682. The summed E-state index contributed by atoms with van der Waals surface area (Å²) in [6, 6.07) is 0. The Morgan fingerprint density at radius 1 is 1.12 bits per heavy atom. The smallest absolute Gasteiger partial charge is 0.302 e. The molecular weight excluding hydrogens is 364 g/mol. The lowest BCUT2D eigenvalue weighted by atomic mass is 9.46. The van der Waals surface area contributed by atoms with Gasteiger partial charge in [-0.1, -0.05) is 26.7 Å². The van der Waals surface area contributed by atoms with Crippen LogP contribution in [0.5, 0.6) is 0 Å². The highest BCUT2D eigenvalue weighted by atomic mass is 32.2. The van der Waals surface area contributed by atoms with E-state index < -0.39 is 0 Å². The first kappa shape index (κ1) is 19.4. The van der Waals surface area contributed by atoms with Crippen molar-refractivity contribution in [1.82, 2.24) is 0 Å². The van der Waals surface area contributed by atoms with E-state index in [9.17, 15) is 9.90 Å². The number of fused-ring (bicyclic) bond motifs is 3. The fourth-order valence-electron chi connectivity index (χ4n) is 6.72. The molecule has 0 bridgehead atoms. The second kappa shape index (κ2) is 7.18. The van der Waals surface area contributed by atoms with Gasteiger partial charge in [-0.3, -0.25) is 4.79 Å². The van der Waals surface area contributed by atoms with Crippen LogP contribution in [0.25, 0.3) is 0 Å². The van der Waals surface area contributed by atoms with Gasteiger partial charge in [0.2, 0.25) is 0 Å². The molecule has 4 rings (SSSR count). The fraction of sp³-hybridized carbons (Fsp3) is 0.952. The minimum absolute atomic E-state index is 0.0527. The van der Waals surface area contributed by atoms with Crippen LogP contribution in [-0.2, 0) is 9.53 Å². The van der Waals surface area contributed by atoms with E-state index in [1.807, 2.05) is 23.5 Å². The van der Waals surface area contributed by atoms with E-state index in [0.717, 1.165) is 19.3 Å². The van der Waals surface area contributed by atoms with Gasteiger partial charge in [0.15, 0.2) is 0 Å². The summed E-state index contributed by atoms with van der Waals surface area (Å²) in [4.78, 5) is 11.8. The highest BCUT2D eigenvalue weighted by Gasteiger charge is 2.60. The molecule has 1 saturated heterocycles. The van der Waals surface area contributed by atoms with Crippen LogP contribution in [0.15, 0.2) is 0 Å². The third-order valence-electron chi connectivity index (χ3n) is 8.20. The van der Waals surface area contributed by atoms with Gasteiger partial charge in [0, 0.05) is 29.8 Å². The zero-order valence-electron chi connectivity index (χ0n) is 16.4. The van der Waals surface area contributed by atoms with Gasteiger partial charge in [-0.2, -0.15) is 0 Å². The second-order valence-corrected chi connectivity index (χ2v) is 12.4. The maximum absolute atomic E-state index is 11.8. The van der Waals surface area contributed by atoms with Crippen LogP contribution in [0.2, 0.25) is 0 Å². The Hall–Kier alpha value is 0.130. The predicted octanol–water partition coefficient (Wildman–Crippen LogP) is 4.72. The van der Waals surface area contributed by atoms with E-state index in [4.69, 9.17) is 4.74 Å². The van der Waals surface area contributed by atoms with Gasteiger partial charge in [-0.25, -0.2) is 0 Å². The molecule has 3 nitrogen and oxygen atoms in total. The van der Waals surface area contributed by atoms with Crippen molar-refractivity contribution >= 4 is 29.5 Å². The second-order valence-electron chi connectivity index (χ2n) is 9.64. The Labute approximate surface area is 166 Å². The Morgan fingerprint density at radius 2 is 1.85 bits per heavy atom. The van der Waals surface area contributed by atoms with E-state index in [1.165, 1.54) is 37.2 Å². The zero-order valence-corrected chi connectivity index (χ0v) is 18.0. The van der Waals surface area contributed by atoms with Crippen LogP contribution in [0.1, 0.15) is 65.7 Å². The van der Waals surface area contributed by atoms with Gasteiger partial charge < -0.3 is 9.84 Å². The Balaban J connectivity index is 1.65. The molecule has 0 unspecified atom stereocenters. The molecule has 3 saturated carbocycles. The van der Waals surface area contributed by atoms with Crippen molar-refractivity contribution in [2.75, 3.05) is 11.5 Å². The monoisotopic (exact) mass is 398 g/mol. The molecule has 0 aromatic heterocycles. The zero-order chi connectivity index (χ0) is 18.5. The molecule has 1 aliphatic heterocycles. The molecule has 4 aliphatic rings. The fourth-order valence-corrected chi connectivity index (χ4v) is 10.1. The highest BCUT2D eigenvalue weighted by molar-refractivity contribution is 8.20. The van der Waals surface area contributed by atoms with Gasteiger partial charge in [0.05, 0.1) is 10.7 Å². The molecule has 1 heterocycles. The van der Waals surface area contributed by atoms with Crippen molar-refractivity contribution in [3.63, 3.8) is 0 Å². The molecule has 3 aliphatic carbocycles. The average molecular weight is 399 g/mol. The van der Waals surface area contributed by atoms with Crippen molar-refractivity contribution in [3.05, 3.63) is 0 Å². The van der Waals surface area contributed by atoms with E-state index in [2.05, 4.69) is 13.8 Å². The number of carbonyl (C=O) groups excluding carboxylic acids is 1. The van der Waals surface area contributed by atoms with Gasteiger partial charge in [0.1, 0.15) is 6.10 Å². The third kappa shape index (κ3) is 3.14. The molecule has 26 heavy (non-hydrogen) atoms. The molecule has 0 radical (unpaired) electrons. The summed E-state index contributed by atoms with van der Waals surface area (Å²) in [5, 5.41) is 11.3. The first-order chi connectivity index (χ1) is 12.3. The number of hydrogen-bond acceptors (Lipinski definition) is 5. The van der Waals surface area contributed by atoms with Crippen molar-refractivity contribution in [2.45, 2.75) is 82.5 Å². The van der Waals surface area contributed by atoms with Crippen molar-refractivity contribution in [2.24, 2.45) is 28.6 Å². The van der Waals surface area contributed by atoms with E-state index in [1.54, 1.807) is 6.92 Å². The van der Waals surface area contributed by atoms with Crippen molar-refractivity contribution < 1.29 is 14.6 Å². The molecule has 148 valence electrons. The van der Waals surface area contributed by atoms with Crippen LogP contribution in [0, 0.1) is 28.6 Å². The summed E-state index contributed by atoms with van der Waals surface area (Å²) >= 11 is 4.05. The summed E-state index contributed by atoms with van der Waals surface area (Å²) in [6.07, 6.45) is 7.92. The third-order valence-corrected chi connectivity index (χ3v) is 11.8. The molecule has 5 heteroatoms. The Morgan fingerprint density at radius 3 is 2.54 bits per heavy atom. The number of esters is 1. The van der Waals surface area contributed by atoms with Crippen LogP contribution in [-0.4, -0.2) is 39.4 Å². The summed E-state index contributed by atoms with van der Waals surface area (Å²) < 4.78 is 6.39. The highest BCUT2D eigenvalue weighted by Crippen LogP contribution is 2.64. The molecule has 7 atom stereocenters. The number of aliphatic hydroxyl groups excluding tert-OH is 1.